The number of aromatic nitrogens is 5. The van der Waals surface area contributed by atoms with Crippen molar-refractivity contribution in [3.63, 3.8) is 0 Å². The first kappa shape index (κ1) is 22.5. The minimum atomic E-state index is -0.476. The second kappa shape index (κ2) is 9.45. The predicted molar refractivity (Wildman–Crippen MR) is 127 cm³/mol. The molecule has 33 heavy (non-hydrogen) atoms. The molecule has 0 unspecified atom stereocenters. The summed E-state index contributed by atoms with van der Waals surface area (Å²) >= 11 is 0. The van der Waals surface area contributed by atoms with Crippen LogP contribution in [-0.2, 0) is 20.1 Å². The fraction of sp³-hybridized carbons (Fsp3) is 0.458. The summed E-state index contributed by atoms with van der Waals surface area (Å²) in [6, 6.07) is 5.77. The SMILES string of the molecule is CC(C)=CCn1c(N2CCCCCC2)c(C#N)c2c1c(=O)n(Cc1cccnn1)c(=O)n2C. The Labute approximate surface area is 192 Å². The summed E-state index contributed by atoms with van der Waals surface area (Å²) in [7, 11) is 1.62. The van der Waals surface area contributed by atoms with Gasteiger partial charge < -0.3 is 9.47 Å². The molecule has 0 saturated carbocycles. The first-order valence-corrected chi connectivity index (χ1v) is 11.3. The molecule has 0 spiro atoms. The smallest absolute Gasteiger partial charge is 0.331 e. The summed E-state index contributed by atoms with van der Waals surface area (Å²) in [5.41, 5.74) is 1.89. The highest BCUT2D eigenvalue weighted by atomic mass is 16.2. The van der Waals surface area contributed by atoms with Gasteiger partial charge in [-0.15, -0.1) is 0 Å². The van der Waals surface area contributed by atoms with Crippen LogP contribution in [0.3, 0.4) is 0 Å². The Balaban J connectivity index is 2.04. The Hall–Kier alpha value is -3.67. The Kier molecular flexibility index (Phi) is 6.45. The van der Waals surface area contributed by atoms with Crippen LogP contribution in [0.1, 0.15) is 50.8 Å². The van der Waals surface area contributed by atoms with E-state index in [4.69, 9.17) is 0 Å². The summed E-state index contributed by atoms with van der Waals surface area (Å²) in [6.07, 6.45) is 7.95. The third kappa shape index (κ3) is 4.21. The largest absolute Gasteiger partial charge is 0.357 e. The van der Waals surface area contributed by atoms with Crippen LogP contribution >= 0.6 is 0 Å². The van der Waals surface area contributed by atoms with Crippen molar-refractivity contribution in [2.75, 3.05) is 18.0 Å². The molecule has 172 valence electrons. The Morgan fingerprint density at radius 3 is 2.45 bits per heavy atom. The quantitative estimate of drug-likeness (QED) is 0.557. The lowest BCUT2D eigenvalue weighted by atomic mass is 10.2. The van der Waals surface area contributed by atoms with Crippen molar-refractivity contribution in [1.82, 2.24) is 23.9 Å². The van der Waals surface area contributed by atoms with Crippen molar-refractivity contribution < 1.29 is 0 Å². The number of hydrogen-bond acceptors (Lipinski definition) is 6. The molecular weight excluding hydrogens is 418 g/mol. The third-order valence-electron chi connectivity index (χ3n) is 6.16. The molecule has 9 heteroatoms. The van der Waals surface area contributed by atoms with Gasteiger partial charge in [0.05, 0.1) is 17.8 Å². The van der Waals surface area contributed by atoms with Gasteiger partial charge in [-0.3, -0.25) is 13.9 Å². The summed E-state index contributed by atoms with van der Waals surface area (Å²) in [4.78, 5) is 29.2. The molecule has 9 nitrogen and oxygen atoms in total. The zero-order chi connectivity index (χ0) is 23.5. The summed E-state index contributed by atoms with van der Waals surface area (Å²) < 4.78 is 4.52. The number of hydrogen-bond donors (Lipinski definition) is 0. The molecule has 3 aromatic rings. The lowest BCUT2D eigenvalue weighted by Crippen LogP contribution is -2.40. The molecular formula is C24H29N7O2. The van der Waals surface area contributed by atoms with Crippen LogP contribution in [0.2, 0.25) is 0 Å². The number of aryl methyl sites for hydroxylation is 1. The normalized spacial score (nSPS) is 14.2. The minimum absolute atomic E-state index is 0.0179. The predicted octanol–water partition coefficient (Wildman–Crippen LogP) is 2.56. The van der Waals surface area contributed by atoms with Gasteiger partial charge >= 0.3 is 5.69 Å². The molecule has 0 bridgehead atoms. The second-order valence-electron chi connectivity index (χ2n) is 8.75. The minimum Gasteiger partial charge on any atom is -0.357 e. The van der Waals surface area contributed by atoms with Gasteiger partial charge in [-0.2, -0.15) is 15.5 Å². The van der Waals surface area contributed by atoms with Crippen molar-refractivity contribution >= 4 is 16.9 Å². The number of rotatable bonds is 5. The first-order chi connectivity index (χ1) is 15.9. The third-order valence-corrected chi connectivity index (χ3v) is 6.16. The Morgan fingerprint density at radius 1 is 1.12 bits per heavy atom. The van der Waals surface area contributed by atoms with Crippen LogP contribution in [0.5, 0.6) is 0 Å². The maximum Gasteiger partial charge on any atom is 0.331 e. The summed E-state index contributed by atoms with van der Waals surface area (Å²) in [5, 5.41) is 18.1. The maximum absolute atomic E-state index is 13.7. The zero-order valence-corrected chi connectivity index (χ0v) is 19.4. The average Bonchev–Trinajstić information content (AvgIpc) is 2.94. The molecule has 1 aliphatic rings. The Bertz CT molecular complexity index is 1340. The molecule has 1 aliphatic heterocycles. The molecule has 1 fully saturated rings. The van der Waals surface area contributed by atoms with Crippen molar-refractivity contribution in [1.29, 1.82) is 5.26 Å². The van der Waals surface area contributed by atoms with Gasteiger partial charge in [0.25, 0.3) is 5.56 Å². The van der Waals surface area contributed by atoms with E-state index in [0.717, 1.165) is 50.2 Å². The highest BCUT2D eigenvalue weighted by Gasteiger charge is 2.28. The van der Waals surface area contributed by atoms with E-state index >= 15 is 0 Å². The van der Waals surface area contributed by atoms with Crippen molar-refractivity contribution in [3.8, 4) is 6.07 Å². The number of allylic oxidation sites excluding steroid dienone is 2. The maximum atomic E-state index is 13.7. The number of nitrogens with zero attached hydrogens (tertiary/aromatic N) is 7. The van der Waals surface area contributed by atoms with Gasteiger partial charge in [0.2, 0.25) is 0 Å². The highest BCUT2D eigenvalue weighted by Crippen LogP contribution is 2.32. The van der Waals surface area contributed by atoms with Gasteiger partial charge in [-0.25, -0.2) is 4.79 Å². The van der Waals surface area contributed by atoms with Crippen LogP contribution in [0.4, 0.5) is 5.82 Å². The van der Waals surface area contributed by atoms with E-state index in [1.807, 2.05) is 24.5 Å². The van der Waals surface area contributed by atoms with Gasteiger partial charge in [0.15, 0.2) is 0 Å². The van der Waals surface area contributed by atoms with Crippen LogP contribution in [-0.4, -0.2) is 37.0 Å². The zero-order valence-electron chi connectivity index (χ0n) is 19.4. The van der Waals surface area contributed by atoms with E-state index in [-0.39, 0.29) is 6.54 Å². The number of anilines is 1. The van der Waals surface area contributed by atoms with Crippen molar-refractivity contribution in [3.05, 3.63) is 62.1 Å². The van der Waals surface area contributed by atoms with Gasteiger partial charge in [-0.1, -0.05) is 24.5 Å². The second-order valence-corrected chi connectivity index (χ2v) is 8.75. The lowest BCUT2D eigenvalue weighted by molar-refractivity contribution is 0.638. The molecule has 0 aromatic carbocycles. The number of nitriles is 1. The van der Waals surface area contributed by atoms with Crippen molar-refractivity contribution in [2.24, 2.45) is 7.05 Å². The average molecular weight is 448 g/mol. The van der Waals surface area contributed by atoms with E-state index in [1.54, 1.807) is 25.4 Å². The summed E-state index contributed by atoms with van der Waals surface area (Å²) in [5.74, 6) is 0.733. The van der Waals surface area contributed by atoms with Gasteiger partial charge in [0.1, 0.15) is 23.0 Å². The van der Waals surface area contributed by atoms with Crippen LogP contribution in [0, 0.1) is 11.3 Å². The lowest BCUT2D eigenvalue weighted by Gasteiger charge is -2.24. The fourth-order valence-corrected chi connectivity index (χ4v) is 4.51. The number of fused-ring (bicyclic) bond motifs is 1. The van der Waals surface area contributed by atoms with Gasteiger partial charge in [0, 0.05) is 32.9 Å². The highest BCUT2D eigenvalue weighted by molar-refractivity contribution is 5.90. The van der Waals surface area contributed by atoms with E-state index in [1.165, 1.54) is 9.13 Å². The standard InChI is InChI=1S/C24H29N7O2/c1-17(2)10-14-30-21-20(19(15-25)22(30)29-12-6-4-5-7-13-29)28(3)24(33)31(23(21)32)16-18-9-8-11-26-27-18/h8-11H,4-7,12-14,16H2,1-3H3. The van der Waals surface area contributed by atoms with E-state index in [0.29, 0.717) is 28.8 Å². The van der Waals surface area contributed by atoms with Crippen LogP contribution in [0.15, 0.2) is 39.6 Å². The fourth-order valence-electron chi connectivity index (χ4n) is 4.51. The van der Waals surface area contributed by atoms with Crippen molar-refractivity contribution in [2.45, 2.75) is 52.6 Å². The molecule has 0 radical (unpaired) electrons. The summed E-state index contributed by atoms with van der Waals surface area (Å²) in [6.45, 7) is 6.12. The molecule has 4 rings (SSSR count). The molecule has 0 aliphatic carbocycles. The van der Waals surface area contributed by atoms with Crippen LogP contribution < -0.4 is 16.1 Å². The van der Waals surface area contributed by atoms with E-state index < -0.39 is 11.2 Å². The topological polar surface area (TPSA) is 102 Å². The Morgan fingerprint density at radius 2 is 1.85 bits per heavy atom. The van der Waals surface area contributed by atoms with Gasteiger partial charge in [-0.05, 0) is 38.8 Å². The van der Waals surface area contributed by atoms with E-state index in [2.05, 4.69) is 21.2 Å². The molecule has 0 amide bonds. The monoisotopic (exact) mass is 447 g/mol. The molecule has 0 N–H and O–H groups in total. The molecule has 4 heterocycles. The first-order valence-electron chi connectivity index (χ1n) is 11.3. The van der Waals surface area contributed by atoms with E-state index in [9.17, 15) is 14.9 Å². The molecule has 0 atom stereocenters. The van der Waals surface area contributed by atoms with Crippen LogP contribution in [0.25, 0.3) is 11.0 Å². The molecule has 1 saturated heterocycles. The molecule has 3 aromatic heterocycles.